The summed E-state index contributed by atoms with van der Waals surface area (Å²) < 4.78 is 1.12. The highest BCUT2D eigenvalue weighted by molar-refractivity contribution is 9.10. The molecule has 0 amide bonds. The van der Waals surface area contributed by atoms with Crippen LogP contribution in [0.1, 0.15) is 49.9 Å². The van der Waals surface area contributed by atoms with Gasteiger partial charge < -0.3 is 5.32 Å². The summed E-state index contributed by atoms with van der Waals surface area (Å²) in [5, 5.41) is 3.67. The van der Waals surface area contributed by atoms with Crippen LogP contribution in [-0.4, -0.2) is 0 Å². The molecule has 0 saturated heterocycles. The first-order valence-corrected chi connectivity index (χ1v) is 8.90. The van der Waals surface area contributed by atoms with Crippen molar-refractivity contribution in [1.29, 1.82) is 0 Å². The Bertz CT molecular complexity index is 590. The largest absolute Gasteiger partial charge is 0.303 e. The molecule has 0 fully saturated rings. The Morgan fingerprint density at radius 2 is 1.57 bits per heavy atom. The van der Waals surface area contributed by atoms with Gasteiger partial charge in [0.05, 0.1) is 0 Å². The predicted molar refractivity (Wildman–Crippen MR) is 97.0 cm³/mol. The lowest BCUT2D eigenvalue weighted by atomic mass is 9.94. The molecule has 0 unspecified atom stereocenters. The zero-order valence-corrected chi connectivity index (χ0v) is 15.9. The van der Waals surface area contributed by atoms with Crippen LogP contribution in [0.4, 0.5) is 0 Å². The van der Waals surface area contributed by atoms with Gasteiger partial charge in [-0.2, -0.15) is 0 Å². The third-order valence-electron chi connectivity index (χ3n) is 3.67. The molecule has 1 nitrogen and oxygen atoms in total. The maximum absolute atomic E-state index is 3.67. The van der Waals surface area contributed by atoms with Crippen LogP contribution in [0, 0.1) is 0 Å². The third-order valence-corrected chi connectivity index (χ3v) is 5.71. The Morgan fingerprint density at radius 3 is 2.10 bits per heavy atom. The second-order valence-electron chi connectivity index (χ2n) is 7.00. The van der Waals surface area contributed by atoms with E-state index in [1.54, 1.807) is 0 Å². The number of nitrogens with one attached hydrogen (secondary N) is 1. The standard InChI is InChI=1S/C18H24BrNS/c1-17(2,3)16-11-10-15(21-16)12-20-18(4,5)13-6-8-14(19)9-7-13/h6-11,20H,12H2,1-5H3. The first-order chi connectivity index (χ1) is 9.68. The lowest BCUT2D eigenvalue weighted by Crippen LogP contribution is -2.35. The van der Waals surface area contributed by atoms with Crippen molar-refractivity contribution in [1.82, 2.24) is 5.32 Å². The number of hydrogen-bond acceptors (Lipinski definition) is 2. The minimum absolute atomic E-state index is 0.0351. The molecule has 2 aromatic rings. The van der Waals surface area contributed by atoms with E-state index in [2.05, 4.69) is 92.3 Å². The monoisotopic (exact) mass is 365 g/mol. The van der Waals surface area contributed by atoms with E-state index >= 15 is 0 Å². The van der Waals surface area contributed by atoms with Crippen molar-refractivity contribution in [3.8, 4) is 0 Å². The zero-order chi connectivity index (χ0) is 15.7. The van der Waals surface area contributed by atoms with Crippen LogP contribution >= 0.6 is 27.3 Å². The maximum atomic E-state index is 3.67. The van der Waals surface area contributed by atoms with Gasteiger partial charge in [0, 0.05) is 26.3 Å². The maximum Gasteiger partial charge on any atom is 0.0380 e. The number of benzene rings is 1. The van der Waals surface area contributed by atoms with E-state index < -0.39 is 0 Å². The molecule has 1 N–H and O–H groups in total. The van der Waals surface area contributed by atoms with Crippen molar-refractivity contribution >= 4 is 27.3 Å². The number of hydrogen-bond donors (Lipinski definition) is 1. The molecule has 114 valence electrons. The fourth-order valence-corrected chi connectivity index (χ4v) is 3.42. The van der Waals surface area contributed by atoms with Crippen molar-refractivity contribution in [3.05, 3.63) is 56.2 Å². The van der Waals surface area contributed by atoms with Gasteiger partial charge in [-0.25, -0.2) is 0 Å². The molecular weight excluding hydrogens is 342 g/mol. The topological polar surface area (TPSA) is 12.0 Å². The lowest BCUT2D eigenvalue weighted by Gasteiger charge is -2.27. The quantitative estimate of drug-likeness (QED) is 0.718. The molecule has 0 radical (unpaired) electrons. The summed E-state index contributed by atoms with van der Waals surface area (Å²) in [4.78, 5) is 2.84. The van der Waals surface area contributed by atoms with E-state index in [-0.39, 0.29) is 11.0 Å². The molecule has 0 aliphatic carbocycles. The van der Waals surface area contributed by atoms with Crippen LogP contribution in [0.25, 0.3) is 0 Å². The minimum Gasteiger partial charge on any atom is -0.303 e. The van der Waals surface area contributed by atoms with Crippen LogP contribution < -0.4 is 5.32 Å². The van der Waals surface area contributed by atoms with Crippen LogP contribution in [0.15, 0.2) is 40.9 Å². The first-order valence-electron chi connectivity index (χ1n) is 7.29. The Labute approximate surface area is 140 Å². The molecule has 1 aromatic heterocycles. The van der Waals surface area contributed by atoms with Crippen LogP contribution in [0.3, 0.4) is 0 Å². The van der Waals surface area contributed by atoms with Gasteiger partial charge in [0.15, 0.2) is 0 Å². The molecule has 0 aliphatic rings. The van der Waals surface area contributed by atoms with Crippen LogP contribution in [0.5, 0.6) is 0 Å². The van der Waals surface area contributed by atoms with Crippen molar-refractivity contribution in [3.63, 3.8) is 0 Å². The van der Waals surface area contributed by atoms with Crippen molar-refractivity contribution in [2.75, 3.05) is 0 Å². The fourth-order valence-electron chi connectivity index (χ4n) is 2.15. The van der Waals surface area contributed by atoms with E-state index in [0.29, 0.717) is 0 Å². The summed E-state index contributed by atoms with van der Waals surface area (Å²) in [6.45, 7) is 12.2. The Kier molecular flexibility index (Phi) is 4.96. The fraction of sp³-hybridized carbons (Fsp3) is 0.444. The predicted octanol–water partition coefficient (Wildman–Crippen LogP) is 5.83. The van der Waals surface area contributed by atoms with Crippen LogP contribution in [-0.2, 0) is 17.5 Å². The van der Waals surface area contributed by atoms with Gasteiger partial charge in [-0.3, -0.25) is 0 Å². The Hall–Kier alpha value is -0.640. The minimum atomic E-state index is -0.0351. The van der Waals surface area contributed by atoms with Gasteiger partial charge in [0.2, 0.25) is 0 Å². The average molecular weight is 366 g/mol. The smallest absolute Gasteiger partial charge is 0.0380 e. The second kappa shape index (κ2) is 6.23. The molecule has 1 heterocycles. The number of rotatable bonds is 4. The molecule has 1 aromatic carbocycles. The van der Waals surface area contributed by atoms with E-state index in [1.807, 2.05) is 11.3 Å². The zero-order valence-electron chi connectivity index (χ0n) is 13.5. The summed E-state index contributed by atoms with van der Waals surface area (Å²) in [7, 11) is 0. The van der Waals surface area contributed by atoms with Gasteiger partial charge in [0.25, 0.3) is 0 Å². The summed E-state index contributed by atoms with van der Waals surface area (Å²) in [6, 6.07) is 13.0. The number of thiophene rings is 1. The van der Waals surface area contributed by atoms with Crippen molar-refractivity contribution in [2.24, 2.45) is 0 Å². The molecule has 2 rings (SSSR count). The highest BCUT2D eigenvalue weighted by atomic mass is 79.9. The van der Waals surface area contributed by atoms with E-state index in [0.717, 1.165) is 11.0 Å². The van der Waals surface area contributed by atoms with Gasteiger partial charge in [-0.15, -0.1) is 11.3 Å². The lowest BCUT2D eigenvalue weighted by molar-refractivity contribution is 0.403. The van der Waals surface area contributed by atoms with Gasteiger partial charge in [-0.05, 0) is 49.1 Å². The summed E-state index contributed by atoms with van der Waals surface area (Å²) in [5.74, 6) is 0. The highest BCUT2D eigenvalue weighted by Gasteiger charge is 2.21. The molecule has 0 saturated carbocycles. The molecule has 0 bridgehead atoms. The van der Waals surface area contributed by atoms with E-state index in [9.17, 15) is 0 Å². The summed E-state index contributed by atoms with van der Waals surface area (Å²) in [5.41, 5.74) is 1.51. The molecule has 0 spiro atoms. The van der Waals surface area contributed by atoms with Crippen molar-refractivity contribution in [2.45, 2.75) is 52.1 Å². The molecule has 3 heteroatoms. The SMILES string of the molecule is CC(C)(C)c1ccc(CNC(C)(C)c2ccc(Br)cc2)s1. The number of halogens is 1. The Morgan fingerprint density at radius 1 is 0.952 bits per heavy atom. The summed E-state index contributed by atoms with van der Waals surface area (Å²) in [6.07, 6.45) is 0. The highest BCUT2D eigenvalue weighted by Crippen LogP contribution is 2.30. The second-order valence-corrected chi connectivity index (χ2v) is 9.09. The third kappa shape index (κ3) is 4.41. The molecule has 21 heavy (non-hydrogen) atoms. The normalized spacial score (nSPS) is 12.7. The first kappa shape index (κ1) is 16.7. The van der Waals surface area contributed by atoms with Gasteiger partial charge in [0.1, 0.15) is 0 Å². The van der Waals surface area contributed by atoms with Crippen molar-refractivity contribution < 1.29 is 0 Å². The van der Waals surface area contributed by atoms with Gasteiger partial charge >= 0.3 is 0 Å². The van der Waals surface area contributed by atoms with Gasteiger partial charge in [-0.1, -0.05) is 48.8 Å². The van der Waals surface area contributed by atoms with Crippen LogP contribution in [0.2, 0.25) is 0 Å². The van der Waals surface area contributed by atoms with E-state index in [4.69, 9.17) is 0 Å². The molecular formula is C18H24BrNS. The summed E-state index contributed by atoms with van der Waals surface area (Å²) >= 11 is 5.40. The Balaban J connectivity index is 2.04. The average Bonchev–Trinajstić information content (AvgIpc) is 2.86. The molecule has 0 aliphatic heterocycles. The molecule has 0 atom stereocenters. The van der Waals surface area contributed by atoms with E-state index in [1.165, 1.54) is 15.3 Å².